The Hall–Kier alpha value is -2.60. The van der Waals surface area contributed by atoms with Crippen LogP contribution in [0.4, 0.5) is 0 Å². The summed E-state index contributed by atoms with van der Waals surface area (Å²) in [4.78, 5) is 17.9. The van der Waals surface area contributed by atoms with E-state index >= 15 is 0 Å². The van der Waals surface area contributed by atoms with Gasteiger partial charge >= 0.3 is 5.97 Å². The summed E-state index contributed by atoms with van der Waals surface area (Å²) in [6.07, 6.45) is 5.06. The minimum Gasteiger partial charge on any atom is -0.496 e. The topological polar surface area (TPSA) is 71.9 Å². The molecule has 6 nitrogen and oxygen atoms in total. The van der Waals surface area contributed by atoms with E-state index in [1.165, 1.54) is 0 Å². The molecule has 1 saturated heterocycles. The highest BCUT2D eigenvalue weighted by Gasteiger charge is 2.34. The van der Waals surface area contributed by atoms with Crippen LogP contribution in [0.5, 0.6) is 11.5 Å². The van der Waals surface area contributed by atoms with Crippen LogP contribution in [-0.2, 0) is 4.79 Å². The smallest absolute Gasteiger partial charge is 0.307 e. The van der Waals surface area contributed by atoms with Gasteiger partial charge in [-0.15, -0.1) is 0 Å². The molecule has 138 valence electrons. The van der Waals surface area contributed by atoms with E-state index in [0.717, 1.165) is 35.6 Å². The van der Waals surface area contributed by atoms with E-state index in [2.05, 4.69) is 9.88 Å². The van der Waals surface area contributed by atoms with Crippen molar-refractivity contribution in [3.8, 4) is 11.5 Å². The van der Waals surface area contributed by atoms with Crippen LogP contribution < -0.4 is 9.47 Å². The van der Waals surface area contributed by atoms with Crippen molar-refractivity contribution in [3.63, 3.8) is 0 Å². The van der Waals surface area contributed by atoms with Crippen molar-refractivity contribution in [3.05, 3.63) is 53.9 Å². The number of piperidine rings is 1. The second kappa shape index (κ2) is 8.19. The Labute approximate surface area is 153 Å². The van der Waals surface area contributed by atoms with Crippen molar-refractivity contribution in [1.29, 1.82) is 0 Å². The van der Waals surface area contributed by atoms with Crippen molar-refractivity contribution in [2.75, 3.05) is 27.3 Å². The fraction of sp³-hybridized carbons (Fsp3) is 0.400. The van der Waals surface area contributed by atoms with Gasteiger partial charge in [-0.25, -0.2) is 0 Å². The van der Waals surface area contributed by atoms with Crippen molar-refractivity contribution in [1.82, 2.24) is 9.88 Å². The zero-order valence-electron chi connectivity index (χ0n) is 15.1. The maximum absolute atomic E-state index is 11.6. The number of methoxy groups -OCH3 is 2. The number of aromatic nitrogens is 1. The molecule has 1 aliphatic rings. The number of benzene rings is 1. The molecule has 6 heteroatoms. The number of aliphatic carboxylic acids is 1. The minimum absolute atomic E-state index is 0.161. The Morgan fingerprint density at radius 3 is 2.42 bits per heavy atom. The quantitative estimate of drug-likeness (QED) is 0.858. The van der Waals surface area contributed by atoms with E-state index in [1.54, 1.807) is 26.6 Å². The number of hydrogen-bond acceptors (Lipinski definition) is 5. The van der Waals surface area contributed by atoms with Gasteiger partial charge in [-0.1, -0.05) is 6.07 Å². The molecule has 0 saturated carbocycles. The zero-order valence-corrected chi connectivity index (χ0v) is 15.1. The summed E-state index contributed by atoms with van der Waals surface area (Å²) in [7, 11) is 3.27. The molecule has 0 bridgehead atoms. The zero-order chi connectivity index (χ0) is 18.5. The fourth-order valence-corrected chi connectivity index (χ4v) is 3.70. The molecule has 3 rings (SSSR count). The lowest BCUT2D eigenvalue weighted by atomic mass is 9.91. The minimum atomic E-state index is -0.741. The van der Waals surface area contributed by atoms with Crippen LogP contribution in [0.2, 0.25) is 0 Å². The number of carboxylic acids is 1. The molecule has 0 aliphatic carbocycles. The van der Waals surface area contributed by atoms with Gasteiger partial charge in [0.05, 0.1) is 31.7 Å². The number of hydrogen-bond donors (Lipinski definition) is 1. The van der Waals surface area contributed by atoms with E-state index in [4.69, 9.17) is 9.47 Å². The van der Waals surface area contributed by atoms with Crippen LogP contribution in [0.1, 0.15) is 30.0 Å². The van der Waals surface area contributed by atoms with Gasteiger partial charge in [-0.3, -0.25) is 14.7 Å². The molecule has 1 fully saturated rings. The van der Waals surface area contributed by atoms with Crippen LogP contribution in [-0.4, -0.2) is 48.3 Å². The summed E-state index contributed by atoms with van der Waals surface area (Å²) in [5, 5.41) is 9.49. The third-order valence-corrected chi connectivity index (χ3v) is 4.93. The third kappa shape index (κ3) is 3.65. The lowest BCUT2D eigenvalue weighted by Gasteiger charge is -2.38. The van der Waals surface area contributed by atoms with Gasteiger partial charge in [0.25, 0.3) is 0 Å². The number of likely N-dealkylation sites (tertiary alicyclic amines) is 1. The summed E-state index contributed by atoms with van der Waals surface area (Å²) < 4.78 is 11.2. The highest BCUT2D eigenvalue weighted by molar-refractivity contribution is 5.70. The Kier molecular flexibility index (Phi) is 5.73. The van der Waals surface area contributed by atoms with E-state index in [-0.39, 0.29) is 12.0 Å². The maximum Gasteiger partial charge on any atom is 0.307 e. The molecule has 0 spiro atoms. The first-order valence-electron chi connectivity index (χ1n) is 8.73. The second-order valence-electron chi connectivity index (χ2n) is 6.43. The van der Waals surface area contributed by atoms with Crippen molar-refractivity contribution >= 4 is 5.97 Å². The highest BCUT2D eigenvalue weighted by atomic mass is 16.5. The number of carbonyl (C=O) groups is 1. The SMILES string of the molecule is COc1cccc(OC)c1C(c1ccncc1)N1CCCC(C(=O)O)C1. The van der Waals surface area contributed by atoms with Crippen molar-refractivity contribution < 1.29 is 19.4 Å². The molecular formula is C20H24N2O4. The van der Waals surface area contributed by atoms with Crippen LogP contribution >= 0.6 is 0 Å². The standard InChI is InChI=1S/C20H24N2O4/c1-25-16-6-3-7-17(26-2)18(16)19(14-8-10-21-11-9-14)22-12-4-5-15(13-22)20(23)24/h3,6-11,15,19H,4-5,12-13H2,1-2H3,(H,23,24). The monoisotopic (exact) mass is 356 g/mol. The summed E-state index contributed by atoms with van der Waals surface area (Å²) in [5.41, 5.74) is 1.95. The molecule has 2 aromatic rings. The van der Waals surface area contributed by atoms with Gasteiger partial charge in [0, 0.05) is 18.9 Å². The predicted octanol–water partition coefficient (Wildman–Crippen LogP) is 2.98. The molecule has 1 aromatic heterocycles. The predicted molar refractivity (Wildman–Crippen MR) is 97.6 cm³/mol. The fourth-order valence-electron chi connectivity index (χ4n) is 3.70. The molecule has 0 radical (unpaired) electrons. The third-order valence-electron chi connectivity index (χ3n) is 4.93. The number of ether oxygens (including phenoxy) is 2. The first kappa shape index (κ1) is 18.2. The molecule has 26 heavy (non-hydrogen) atoms. The average Bonchev–Trinajstić information content (AvgIpc) is 2.69. The summed E-state index contributed by atoms with van der Waals surface area (Å²) in [6, 6.07) is 9.46. The summed E-state index contributed by atoms with van der Waals surface area (Å²) >= 11 is 0. The molecule has 2 atom stereocenters. The van der Waals surface area contributed by atoms with Gasteiger partial charge in [0.2, 0.25) is 0 Å². The van der Waals surface area contributed by atoms with E-state index in [1.807, 2.05) is 30.3 Å². The Balaban J connectivity index is 2.10. The van der Waals surface area contributed by atoms with Crippen LogP contribution in [0.25, 0.3) is 0 Å². The van der Waals surface area contributed by atoms with E-state index in [0.29, 0.717) is 13.0 Å². The number of pyridine rings is 1. The van der Waals surface area contributed by atoms with Crippen molar-refractivity contribution in [2.45, 2.75) is 18.9 Å². The largest absolute Gasteiger partial charge is 0.496 e. The van der Waals surface area contributed by atoms with Crippen LogP contribution in [0, 0.1) is 5.92 Å². The van der Waals surface area contributed by atoms with E-state index < -0.39 is 5.97 Å². The highest BCUT2D eigenvalue weighted by Crippen LogP contribution is 2.42. The average molecular weight is 356 g/mol. The first-order valence-corrected chi connectivity index (χ1v) is 8.73. The Morgan fingerprint density at radius 2 is 1.85 bits per heavy atom. The Bertz CT molecular complexity index is 728. The summed E-state index contributed by atoms with van der Waals surface area (Å²) in [6.45, 7) is 1.31. The first-order chi connectivity index (χ1) is 12.7. The van der Waals surface area contributed by atoms with E-state index in [9.17, 15) is 9.90 Å². The molecule has 1 aliphatic heterocycles. The number of rotatable bonds is 6. The van der Waals surface area contributed by atoms with Gasteiger partial charge in [0.15, 0.2) is 0 Å². The lowest BCUT2D eigenvalue weighted by molar-refractivity contribution is -0.143. The number of nitrogens with zero attached hydrogens (tertiary/aromatic N) is 2. The lowest BCUT2D eigenvalue weighted by Crippen LogP contribution is -2.41. The summed E-state index contributed by atoms with van der Waals surface area (Å²) in [5.74, 6) is 0.344. The molecule has 1 N–H and O–H groups in total. The van der Waals surface area contributed by atoms with Gasteiger partial charge < -0.3 is 14.6 Å². The molecule has 0 amide bonds. The maximum atomic E-state index is 11.6. The van der Waals surface area contributed by atoms with Gasteiger partial charge in [0.1, 0.15) is 11.5 Å². The van der Waals surface area contributed by atoms with Crippen LogP contribution in [0.15, 0.2) is 42.7 Å². The second-order valence-corrected chi connectivity index (χ2v) is 6.43. The normalized spacial score (nSPS) is 18.9. The van der Waals surface area contributed by atoms with Gasteiger partial charge in [-0.2, -0.15) is 0 Å². The van der Waals surface area contributed by atoms with Crippen LogP contribution in [0.3, 0.4) is 0 Å². The molecule has 2 unspecified atom stereocenters. The Morgan fingerprint density at radius 1 is 1.19 bits per heavy atom. The molecule has 2 heterocycles. The van der Waals surface area contributed by atoms with Gasteiger partial charge in [-0.05, 0) is 49.2 Å². The van der Waals surface area contributed by atoms with Crippen molar-refractivity contribution in [2.24, 2.45) is 5.92 Å². The molecular weight excluding hydrogens is 332 g/mol. The molecule has 1 aromatic carbocycles. The number of carboxylic acid groups (broad SMARTS) is 1.